The van der Waals surface area contributed by atoms with Crippen molar-refractivity contribution in [2.75, 3.05) is 11.1 Å². The van der Waals surface area contributed by atoms with Crippen molar-refractivity contribution in [2.24, 2.45) is 0 Å². The Morgan fingerprint density at radius 3 is 2.36 bits per heavy atom. The van der Waals surface area contributed by atoms with E-state index < -0.39 is 4.92 Å². The summed E-state index contributed by atoms with van der Waals surface area (Å²) in [5.41, 5.74) is 3.66. The molecular formula is C24H21N5O3S. The lowest BCUT2D eigenvalue weighted by molar-refractivity contribution is -0.384. The third kappa shape index (κ3) is 5.64. The second-order valence-corrected chi connectivity index (χ2v) is 8.32. The number of hydrogen-bond acceptors (Lipinski definition) is 6. The van der Waals surface area contributed by atoms with Crippen LogP contribution in [0.15, 0.2) is 84.0 Å². The summed E-state index contributed by atoms with van der Waals surface area (Å²) in [5, 5.41) is 22.9. The molecule has 0 unspecified atom stereocenters. The minimum Gasteiger partial charge on any atom is -0.325 e. The van der Waals surface area contributed by atoms with Crippen molar-refractivity contribution in [1.82, 2.24) is 14.8 Å². The zero-order chi connectivity index (χ0) is 23.2. The van der Waals surface area contributed by atoms with Crippen LogP contribution in [-0.4, -0.2) is 31.3 Å². The molecule has 0 saturated carbocycles. The molecule has 1 N–H and O–H groups in total. The van der Waals surface area contributed by atoms with E-state index in [0.717, 1.165) is 22.6 Å². The molecule has 166 valence electrons. The summed E-state index contributed by atoms with van der Waals surface area (Å²) in [5.74, 6) is 0.659. The normalized spacial score (nSPS) is 10.7. The van der Waals surface area contributed by atoms with Crippen molar-refractivity contribution in [1.29, 1.82) is 0 Å². The third-order valence-electron chi connectivity index (χ3n) is 4.89. The zero-order valence-corrected chi connectivity index (χ0v) is 18.7. The molecule has 0 aliphatic carbocycles. The quantitative estimate of drug-likeness (QED) is 0.231. The number of rotatable bonds is 8. The monoisotopic (exact) mass is 459 g/mol. The number of carbonyl (C=O) groups excluding carboxylic acids is 1. The first-order chi connectivity index (χ1) is 16.0. The summed E-state index contributed by atoms with van der Waals surface area (Å²) >= 11 is 1.28. The third-order valence-corrected chi connectivity index (χ3v) is 5.82. The topological polar surface area (TPSA) is 103 Å². The largest absolute Gasteiger partial charge is 0.325 e. The Morgan fingerprint density at radius 1 is 1.00 bits per heavy atom. The highest BCUT2D eigenvalue weighted by molar-refractivity contribution is 7.99. The lowest BCUT2D eigenvalue weighted by Crippen LogP contribution is -2.14. The lowest BCUT2D eigenvalue weighted by atomic mass is 10.1. The van der Waals surface area contributed by atoms with E-state index in [1.165, 1.54) is 36.0 Å². The van der Waals surface area contributed by atoms with Crippen LogP contribution < -0.4 is 5.32 Å². The molecule has 0 spiro atoms. The number of nitrogens with one attached hydrogen (secondary N) is 1. The molecule has 9 heteroatoms. The average molecular weight is 460 g/mol. The zero-order valence-electron chi connectivity index (χ0n) is 17.8. The van der Waals surface area contributed by atoms with Crippen molar-refractivity contribution in [3.63, 3.8) is 0 Å². The van der Waals surface area contributed by atoms with E-state index in [2.05, 4.69) is 15.5 Å². The van der Waals surface area contributed by atoms with Crippen LogP contribution in [0.4, 0.5) is 11.4 Å². The van der Waals surface area contributed by atoms with Gasteiger partial charge in [-0.05, 0) is 36.8 Å². The van der Waals surface area contributed by atoms with Gasteiger partial charge in [0.05, 0.1) is 10.7 Å². The van der Waals surface area contributed by atoms with Crippen molar-refractivity contribution in [3.8, 4) is 5.69 Å². The highest BCUT2D eigenvalue weighted by Crippen LogP contribution is 2.24. The second-order valence-electron chi connectivity index (χ2n) is 7.37. The van der Waals surface area contributed by atoms with Gasteiger partial charge in [0.15, 0.2) is 5.16 Å². The van der Waals surface area contributed by atoms with Crippen molar-refractivity contribution >= 4 is 29.0 Å². The number of nitro groups is 1. The number of aryl methyl sites for hydroxylation is 1. The summed E-state index contributed by atoms with van der Waals surface area (Å²) in [6.45, 7) is 2.03. The summed E-state index contributed by atoms with van der Waals surface area (Å²) in [4.78, 5) is 22.8. The van der Waals surface area contributed by atoms with Crippen LogP contribution in [0.1, 0.15) is 17.0 Å². The van der Waals surface area contributed by atoms with Crippen LogP contribution in [0.5, 0.6) is 0 Å². The number of benzene rings is 3. The van der Waals surface area contributed by atoms with E-state index in [4.69, 9.17) is 0 Å². The van der Waals surface area contributed by atoms with Gasteiger partial charge in [0.1, 0.15) is 5.82 Å². The van der Waals surface area contributed by atoms with Crippen molar-refractivity contribution in [3.05, 3.63) is 106 Å². The smallest absolute Gasteiger partial charge is 0.269 e. The first kappa shape index (κ1) is 22.2. The van der Waals surface area contributed by atoms with Crippen LogP contribution >= 0.6 is 11.8 Å². The van der Waals surface area contributed by atoms with Gasteiger partial charge in [-0.15, -0.1) is 10.2 Å². The molecule has 1 amide bonds. The standard InChI is InChI=1S/C24H21N5O3S/c1-17-7-11-20(12-8-17)28-22(15-18-5-3-2-4-6-18)26-27-24(28)33-16-23(30)25-19-9-13-21(14-10-19)29(31)32/h2-14H,15-16H2,1H3,(H,25,30). The predicted octanol–water partition coefficient (Wildman–Crippen LogP) is 4.81. The van der Waals surface area contributed by atoms with Gasteiger partial charge in [-0.1, -0.05) is 59.8 Å². The SMILES string of the molecule is Cc1ccc(-n2c(Cc3ccccc3)nnc2SCC(=O)Nc2ccc([N+](=O)[O-])cc2)cc1. The molecule has 0 bridgehead atoms. The van der Waals surface area contributed by atoms with Crippen molar-refractivity contribution in [2.45, 2.75) is 18.5 Å². The van der Waals surface area contributed by atoms with E-state index in [1.807, 2.05) is 66.1 Å². The van der Waals surface area contributed by atoms with Gasteiger partial charge in [0.2, 0.25) is 5.91 Å². The second kappa shape index (κ2) is 10.1. The van der Waals surface area contributed by atoms with Crippen LogP contribution in [-0.2, 0) is 11.2 Å². The van der Waals surface area contributed by atoms with Crippen LogP contribution in [0.25, 0.3) is 5.69 Å². The molecule has 4 rings (SSSR count). The summed E-state index contributed by atoms with van der Waals surface area (Å²) in [6.07, 6.45) is 0.608. The van der Waals surface area contributed by atoms with Crippen LogP contribution in [0.2, 0.25) is 0 Å². The number of carbonyl (C=O) groups is 1. The van der Waals surface area contributed by atoms with Crippen molar-refractivity contribution < 1.29 is 9.72 Å². The molecule has 0 atom stereocenters. The maximum atomic E-state index is 12.5. The molecule has 3 aromatic carbocycles. The fourth-order valence-electron chi connectivity index (χ4n) is 3.23. The Morgan fingerprint density at radius 2 is 1.70 bits per heavy atom. The highest BCUT2D eigenvalue weighted by Gasteiger charge is 2.16. The maximum absolute atomic E-state index is 12.5. The molecule has 1 aromatic heterocycles. The molecule has 1 heterocycles. The van der Waals surface area contributed by atoms with Gasteiger partial charge in [0.25, 0.3) is 5.69 Å². The summed E-state index contributed by atoms with van der Waals surface area (Å²) < 4.78 is 1.97. The van der Waals surface area contributed by atoms with E-state index >= 15 is 0 Å². The first-order valence-electron chi connectivity index (χ1n) is 10.2. The van der Waals surface area contributed by atoms with Gasteiger partial charge in [-0.3, -0.25) is 19.5 Å². The Hall–Kier alpha value is -3.98. The molecule has 0 saturated heterocycles. The molecular weight excluding hydrogens is 438 g/mol. The Kier molecular flexibility index (Phi) is 6.80. The molecule has 33 heavy (non-hydrogen) atoms. The van der Waals surface area contributed by atoms with Crippen LogP contribution in [0, 0.1) is 17.0 Å². The number of aromatic nitrogens is 3. The Balaban J connectivity index is 1.51. The summed E-state index contributed by atoms with van der Waals surface area (Å²) in [7, 11) is 0. The lowest BCUT2D eigenvalue weighted by Gasteiger charge is -2.11. The first-order valence-corrected chi connectivity index (χ1v) is 11.2. The molecule has 0 aliphatic heterocycles. The van der Waals surface area contributed by atoms with E-state index in [9.17, 15) is 14.9 Å². The number of anilines is 1. The van der Waals surface area contributed by atoms with Gasteiger partial charge in [-0.25, -0.2) is 0 Å². The Bertz CT molecular complexity index is 1260. The van der Waals surface area contributed by atoms with Gasteiger partial charge < -0.3 is 5.32 Å². The van der Waals surface area contributed by atoms with E-state index in [0.29, 0.717) is 17.3 Å². The molecule has 0 radical (unpaired) electrons. The summed E-state index contributed by atoms with van der Waals surface area (Å²) in [6, 6.07) is 23.8. The fraction of sp³-hybridized carbons (Fsp3) is 0.125. The minimum absolute atomic E-state index is 0.0282. The van der Waals surface area contributed by atoms with E-state index in [1.54, 1.807) is 0 Å². The molecule has 0 aliphatic rings. The Labute approximate surface area is 194 Å². The average Bonchev–Trinajstić information content (AvgIpc) is 3.21. The number of thioether (sulfide) groups is 1. The number of nitro benzene ring substituents is 1. The number of hydrogen-bond donors (Lipinski definition) is 1. The van der Waals surface area contributed by atoms with Gasteiger partial charge in [0, 0.05) is 29.9 Å². The van der Waals surface area contributed by atoms with Gasteiger partial charge in [-0.2, -0.15) is 0 Å². The molecule has 0 fully saturated rings. The van der Waals surface area contributed by atoms with Gasteiger partial charge >= 0.3 is 0 Å². The number of non-ortho nitro benzene ring substituents is 1. The minimum atomic E-state index is -0.480. The fourth-order valence-corrected chi connectivity index (χ4v) is 4.00. The van der Waals surface area contributed by atoms with Crippen LogP contribution in [0.3, 0.4) is 0 Å². The maximum Gasteiger partial charge on any atom is 0.269 e. The number of amides is 1. The molecule has 8 nitrogen and oxygen atoms in total. The molecule has 4 aromatic rings. The highest BCUT2D eigenvalue weighted by atomic mass is 32.2. The predicted molar refractivity (Wildman–Crippen MR) is 128 cm³/mol. The van der Waals surface area contributed by atoms with E-state index in [-0.39, 0.29) is 17.3 Å². The number of nitrogens with zero attached hydrogens (tertiary/aromatic N) is 4.